The number of ether oxygens (including phenoxy) is 2. The molecule has 1 saturated heterocycles. The van der Waals surface area contributed by atoms with E-state index < -0.39 is 30.0 Å². The zero-order valence-corrected chi connectivity index (χ0v) is 23.6. The normalized spacial score (nSPS) is 21.5. The average molecular weight is 547 g/mol. The average Bonchev–Trinajstić information content (AvgIpc) is 3.11. The van der Waals surface area contributed by atoms with E-state index in [1.807, 2.05) is 19.9 Å². The van der Waals surface area contributed by atoms with Gasteiger partial charge in [-0.05, 0) is 67.9 Å². The van der Waals surface area contributed by atoms with Crippen LogP contribution in [0.2, 0.25) is 0 Å². The molecule has 0 N–H and O–H groups in total. The van der Waals surface area contributed by atoms with Gasteiger partial charge in [-0.2, -0.15) is 17.9 Å². The molecule has 1 aromatic heterocycles. The van der Waals surface area contributed by atoms with Gasteiger partial charge < -0.3 is 14.7 Å². The Kier molecular flexibility index (Phi) is 7.67. The molecular formula is C30H37F3N2O4. The summed E-state index contributed by atoms with van der Waals surface area (Å²) < 4.78 is 52.6. The lowest BCUT2D eigenvalue weighted by Crippen LogP contribution is -2.40. The lowest BCUT2D eigenvalue weighted by molar-refractivity contribution is -0.618. The summed E-state index contributed by atoms with van der Waals surface area (Å²) in [6, 6.07) is 6.84. The number of amides is 1. The molecule has 6 nitrogen and oxygen atoms in total. The molecular weight excluding hydrogens is 509 g/mol. The largest absolute Gasteiger partial charge is 0.618 e. The van der Waals surface area contributed by atoms with Crippen LogP contribution in [0.25, 0.3) is 5.57 Å². The predicted octanol–water partition coefficient (Wildman–Crippen LogP) is 7.32. The summed E-state index contributed by atoms with van der Waals surface area (Å²) in [5.41, 5.74) is 2.79. The number of hydrogen-bond donors (Lipinski definition) is 0. The van der Waals surface area contributed by atoms with Gasteiger partial charge in [-0.3, -0.25) is 4.90 Å². The van der Waals surface area contributed by atoms with Crippen molar-refractivity contribution < 1.29 is 32.2 Å². The summed E-state index contributed by atoms with van der Waals surface area (Å²) in [6.45, 7) is 11.8. The molecule has 2 aliphatic rings. The van der Waals surface area contributed by atoms with Crippen molar-refractivity contribution in [2.24, 2.45) is 5.41 Å². The molecule has 1 aromatic carbocycles. The van der Waals surface area contributed by atoms with Gasteiger partial charge in [0.15, 0.2) is 11.4 Å². The lowest BCUT2D eigenvalue weighted by Gasteiger charge is -2.35. The standard InChI is InChI=1S/C30H37F3N2O4/c1-17(2)24-8-9-25(38-7)26(35(24)37)23-10-11-29(5,6)15-21(23)16-34-19(4)27(39-28(34)36)20-12-18(3)13-22(14-20)30(31,32)33/h8-9,12-14,17,19,27H,10-11,15-16H2,1-7H3/t19-,27-/m0/s1. The van der Waals surface area contributed by atoms with Crippen LogP contribution in [-0.4, -0.2) is 30.7 Å². The lowest BCUT2D eigenvalue weighted by atomic mass is 9.73. The fourth-order valence-electron chi connectivity index (χ4n) is 5.76. The number of alkyl halides is 3. The van der Waals surface area contributed by atoms with Gasteiger partial charge in [-0.15, -0.1) is 0 Å². The first kappa shape index (κ1) is 28.8. The van der Waals surface area contributed by atoms with Gasteiger partial charge in [-0.1, -0.05) is 39.3 Å². The topological polar surface area (TPSA) is 65.7 Å². The number of halogens is 3. The van der Waals surface area contributed by atoms with E-state index in [2.05, 4.69) is 13.8 Å². The SMILES string of the molecule is COc1ccc(C(C)C)[n+]([O-])c1C1=C(CN2C(=O)O[C@H](c3cc(C)cc(C(F)(F)F)c3)[C@@H]2C)CC(C)(C)CC1. The number of rotatable bonds is 6. The van der Waals surface area contributed by atoms with E-state index in [4.69, 9.17) is 9.47 Å². The van der Waals surface area contributed by atoms with E-state index in [9.17, 15) is 23.2 Å². The second-order valence-electron chi connectivity index (χ2n) is 11.9. The zero-order chi connectivity index (χ0) is 28.9. The van der Waals surface area contributed by atoms with E-state index >= 15 is 0 Å². The molecule has 1 fully saturated rings. The van der Waals surface area contributed by atoms with E-state index in [0.717, 1.165) is 34.4 Å². The predicted molar refractivity (Wildman–Crippen MR) is 142 cm³/mol. The van der Waals surface area contributed by atoms with E-state index in [0.29, 0.717) is 41.1 Å². The second kappa shape index (κ2) is 10.4. The van der Waals surface area contributed by atoms with E-state index in [1.54, 1.807) is 30.9 Å². The first-order valence-corrected chi connectivity index (χ1v) is 13.3. The number of cyclic esters (lactones) is 1. The number of hydrogen-bond acceptors (Lipinski definition) is 4. The van der Waals surface area contributed by atoms with Crippen LogP contribution in [0.3, 0.4) is 0 Å². The maximum atomic E-state index is 13.5. The highest BCUT2D eigenvalue weighted by molar-refractivity contribution is 5.74. The van der Waals surface area contributed by atoms with Crippen molar-refractivity contribution >= 4 is 11.7 Å². The number of carbonyl (C=O) groups is 1. The third kappa shape index (κ3) is 5.72. The molecule has 39 heavy (non-hydrogen) atoms. The van der Waals surface area contributed by atoms with Gasteiger partial charge in [0.1, 0.15) is 6.10 Å². The Balaban J connectivity index is 1.75. The van der Waals surface area contributed by atoms with Gasteiger partial charge in [0.05, 0.1) is 18.7 Å². The van der Waals surface area contributed by atoms with Crippen LogP contribution in [0, 0.1) is 17.5 Å². The van der Waals surface area contributed by atoms with E-state index in [1.165, 1.54) is 7.11 Å². The highest BCUT2D eigenvalue weighted by Crippen LogP contribution is 2.45. The number of aromatic nitrogens is 1. The van der Waals surface area contributed by atoms with Crippen molar-refractivity contribution in [3.63, 3.8) is 0 Å². The number of nitrogens with zero attached hydrogens (tertiary/aromatic N) is 2. The van der Waals surface area contributed by atoms with Crippen LogP contribution in [0.4, 0.5) is 18.0 Å². The van der Waals surface area contributed by atoms with Crippen molar-refractivity contribution in [2.45, 2.75) is 85.0 Å². The summed E-state index contributed by atoms with van der Waals surface area (Å²) in [5, 5.41) is 13.5. The van der Waals surface area contributed by atoms with Gasteiger partial charge in [-0.25, -0.2) is 4.79 Å². The van der Waals surface area contributed by atoms with Gasteiger partial charge in [0, 0.05) is 24.1 Å². The molecule has 0 bridgehead atoms. The molecule has 0 unspecified atom stereocenters. The van der Waals surface area contributed by atoms with Crippen LogP contribution >= 0.6 is 0 Å². The van der Waals surface area contributed by atoms with Crippen molar-refractivity contribution in [3.8, 4) is 5.75 Å². The second-order valence-corrected chi connectivity index (χ2v) is 11.9. The monoisotopic (exact) mass is 546 g/mol. The molecule has 4 rings (SSSR count). The molecule has 1 aliphatic heterocycles. The van der Waals surface area contributed by atoms with Crippen molar-refractivity contribution in [1.82, 2.24) is 4.90 Å². The molecule has 1 aliphatic carbocycles. The molecule has 0 radical (unpaired) electrons. The minimum absolute atomic E-state index is 0.00139. The van der Waals surface area contributed by atoms with E-state index in [-0.39, 0.29) is 17.9 Å². The Morgan fingerprint density at radius 1 is 1.23 bits per heavy atom. The maximum Gasteiger partial charge on any atom is 0.416 e. The van der Waals surface area contributed by atoms with Crippen LogP contribution < -0.4 is 9.47 Å². The van der Waals surface area contributed by atoms with Gasteiger partial charge in [0.25, 0.3) is 5.69 Å². The fourth-order valence-corrected chi connectivity index (χ4v) is 5.76. The molecule has 2 atom stereocenters. The number of allylic oxidation sites excluding steroid dienone is 1. The first-order valence-electron chi connectivity index (χ1n) is 13.3. The molecule has 2 heterocycles. The highest BCUT2D eigenvalue weighted by atomic mass is 19.4. The number of pyridine rings is 1. The molecule has 1 amide bonds. The number of methoxy groups -OCH3 is 1. The minimum atomic E-state index is -4.50. The third-order valence-corrected chi connectivity index (χ3v) is 7.85. The summed E-state index contributed by atoms with van der Waals surface area (Å²) in [4.78, 5) is 14.7. The molecule has 2 aromatic rings. The summed E-state index contributed by atoms with van der Waals surface area (Å²) in [6.07, 6.45) is -3.79. The van der Waals surface area contributed by atoms with Crippen LogP contribution in [0.5, 0.6) is 5.75 Å². The van der Waals surface area contributed by atoms with Crippen LogP contribution in [0.15, 0.2) is 35.9 Å². The summed E-state index contributed by atoms with van der Waals surface area (Å²) in [5.74, 6) is 0.470. The van der Waals surface area contributed by atoms with Gasteiger partial charge in [0.2, 0.25) is 0 Å². The van der Waals surface area contributed by atoms with Crippen molar-refractivity contribution in [2.75, 3.05) is 13.7 Å². The third-order valence-electron chi connectivity index (χ3n) is 7.85. The molecule has 0 saturated carbocycles. The fraction of sp³-hybridized carbons (Fsp3) is 0.533. The summed E-state index contributed by atoms with van der Waals surface area (Å²) in [7, 11) is 1.53. The summed E-state index contributed by atoms with van der Waals surface area (Å²) >= 11 is 0. The Morgan fingerprint density at radius 2 is 1.92 bits per heavy atom. The number of benzene rings is 1. The van der Waals surface area contributed by atoms with Crippen LogP contribution in [-0.2, 0) is 10.9 Å². The zero-order valence-electron chi connectivity index (χ0n) is 23.6. The highest BCUT2D eigenvalue weighted by Gasteiger charge is 2.43. The van der Waals surface area contributed by atoms with Crippen molar-refractivity contribution in [3.05, 3.63) is 69.2 Å². The molecule has 212 valence electrons. The number of aryl methyl sites for hydroxylation is 1. The maximum absolute atomic E-state index is 13.5. The van der Waals surface area contributed by atoms with Crippen LogP contribution in [0.1, 0.15) is 94.0 Å². The minimum Gasteiger partial charge on any atom is -0.618 e. The smallest absolute Gasteiger partial charge is 0.416 e. The molecule has 9 heteroatoms. The first-order chi connectivity index (χ1) is 18.1. The quantitative estimate of drug-likeness (QED) is 0.281. The van der Waals surface area contributed by atoms with Crippen molar-refractivity contribution in [1.29, 1.82) is 0 Å². The Morgan fingerprint density at radius 3 is 2.54 bits per heavy atom. The van der Waals surface area contributed by atoms with Gasteiger partial charge >= 0.3 is 12.3 Å². The number of carbonyl (C=O) groups excluding carboxylic acids is 1. The Hall–Kier alpha value is -3.23. The Labute approximate surface area is 228 Å². The Bertz CT molecular complexity index is 1300. The molecule has 0 spiro atoms.